The molecule has 1 aromatic carbocycles. The summed E-state index contributed by atoms with van der Waals surface area (Å²) in [5.74, 6) is 1.09. The number of hydrogen-bond donors (Lipinski definition) is 1. The van der Waals surface area contributed by atoms with Crippen LogP contribution in [-0.2, 0) is 4.79 Å². The third kappa shape index (κ3) is 3.26. The first kappa shape index (κ1) is 13.9. The zero-order chi connectivity index (χ0) is 13.8. The van der Waals surface area contributed by atoms with Crippen LogP contribution < -0.4 is 15.0 Å². The van der Waals surface area contributed by atoms with Crippen LogP contribution in [0.4, 0.5) is 5.69 Å². The van der Waals surface area contributed by atoms with Gasteiger partial charge >= 0.3 is 0 Å². The lowest BCUT2D eigenvalue weighted by Gasteiger charge is -2.30. The van der Waals surface area contributed by atoms with Crippen LogP contribution in [-0.4, -0.2) is 32.7 Å². The highest BCUT2D eigenvalue weighted by Gasteiger charge is 2.27. The zero-order valence-corrected chi connectivity index (χ0v) is 11.8. The van der Waals surface area contributed by atoms with Crippen molar-refractivity contribution in [1.29, 1.82) is 0 Å². The fourth-order valence-electron chi connectivity index (χ4n) is 2.58. The number of carbonyl (C=O) groups is 1. The number of piperidine rings is 1. The summed E-state index contributed by atoms with van der Waals surface area (Å²) >= 11 is 0. The third-order valence-electron chi connectivity index (χ3n) is 3.74. The van der Waals surface area contributed by atoms with Gasteiger partial charge in [-0.2, -0.15) is 0 Å². The number of methoxy groups -OCH3 is 1. The lowest BCUT2D eigenvalue weighted by molar-refractivity contribution is -0.123. The minimum atomic E-state index is 0.118. The molecular formula is C15H22N2O2. The van der Waals surface area contributed by atoms with Gasteiger partial charge in [0.15, 0.2) is 0 Å². The van der Waals surface area contributed by atoms with Crippen LogP contribution >= 0.6 is 0 Å². The molecule has 1 heterocycles. The van der Waals surface area contributed by atoms with Gasteiger partial charge in [-0.15, -0.1) is 0 Å². The van der Waals surface area contributed by atoms with Crippen molar-refractivity contribution in [3.8, 4) is 5.75 Å². The Balaban J connectivity index is 2.09. The van der Waals surface area contributed by atoms with Crippen molar-refractivity contribution in [2.75, 3.05) is 25.6 Å². The van der Waals surface area contributed by atoms with Crippen molar-refractivity contribution in [1.82, 2.24) is 5.32 Å². The van der Waals surface area contributed by atoms with Crippen LogP contribution in [0, 0.1) is 5.92 Å². The van der Waals surface area contributed by atoms with Gasteiger partial charge in [0.25, 0.3) is 0 Å². The molecule has 0 bridgehead atoms. The lowest BCUT2D eigenvalue weighted by atomic mass is 9.92. The summed E-state index contributed by atoms with van der Waals surface area (Å²) in [5.41, 5.74) is 0.885. The molecule has 2 atom stereocenters. The van der Waals surface area contributed by atoms with Crippen molar-refractivity contribution >= 4 is 11.6 Å². The maximum atomic E-state index is 12.5. The molecule has 4 heteroatoms. The number of ether oxygens (including phenoxy) is 1. The molecule has 2 rings (SSSR count). The highest BCUT2D eigenvalue weighted by molar-refractivity contribution is 5.94. The minimum absolute atomic E-state index is 0.118. The van der Waals surface area contributed by atoms with Gasteiger partial charge in [-0.1, -0.05) is 6.07 Å². The largest absolute Gasteiger partial charge is 0.497 e. The third-order valence-corrected chi connectivity index (χ3v) is 3.74. The lowest BCUT2D eigenvalue weighted by Crippen LogP contribution is -2.43. The number of rotatable bonds is 3. The molecule has 104 valence electrons. The van der Waals surface area contributed by atoms with Crippen molar-refractivity contribution in [3.63, 3.8) is 0 Å². The molecule has 0 aliphatic carbocycles. The van der Waals surface area contributed by atoms with Crippen LogP contribution in [0.1, 0.15) is 19.8 Å². The fourth-order valence-corrected chi connectivity index (χ4v) is 2.58. The molecule has 0 spiro atoms. The number of nitrogens with one attached hydrogen (secondary N) is 1. The summed E-state index contributed by atoms with van der Waals surface area (Å²) in [7, 11) is 3.47. The van der Waals surface area contributed by atoms with Crippen molar-refractivity contribution in [2.45, 2.75) is 25.8 Å². The molecule has 19 heavy (non-hydrogen) atoms. The number of anilines is 1. The molecule has 0 saturated carbocycles. The van der Waals surface area contributed by atoms with E-state index in [-0.39, 0.29) is 11.8 Å². The molecule has 1 aromatic rings. The van der Waals surface area contributed by atoms with E-state index < -0.39 is 0 Å². The van der Waals surface area contributed by atoms with Crippen LogP contribution in [0.25, 0.3) is 0 Å². The van der Waals surface area contributed by atoms with E-state index in [0.29, 0.717) is 6.04 Å². The van der Waals surface area contributed by atoms with Crippen molar-refractivity contribution in [2.24, 2.45) is 5.92 Å². The Bertz CT molecular complexity index is 448. The predicted octanol–water partition coefficient (Wildman–Crippen LogP) is 2.05. The first-order chi connectivity index (χ1) is 9.11. The summed E-state index contributed by atoms with van der Waals surface area (Å²) in [5, 5.41) is 3.37. The Morgan fingerprint density at radius 3 is 2.95 bits per heavy atom. The second-order valence-corrected chi connectivity index (χ2v) is 5.18. The Hall–Kier alpha value is -1.55. The molecule has 1 aliphatic heterocycles. The van der Waals surface area contributed by atoms with Gasteiger partial charge in [0.1, 0.15) is 5.75 Å². The van der Waals surface area contributed by atoms with E-state index >= 15 is 0 Å². The van der Waals surface area contributed by atoms with Gasteiger partial charge in [-0.05, 0) is 38.4 Å². The zero-order valence-electron chi connectivity index (χ0n) is 11.8. The first-order valence-corrected chi connectivity index (χ1v) is 6.77. The van der Waals surface area contributed by atoms with Crippen molar-refractivity contribution < 1.29 is 9.53 Å². The van der Waals surface area contributed by atoms with E-state index in [0.717, 1.165) is 30.8 Å². The first-order valence-electron chi connectivity index (χ1n) is 6.77. The molecule has 2 unspecified atom stereocenters. The number of nitrogens with zero attached hydrogens (tertiary/aromatic N) is 1. The van der Waals surface area contributed by atoms with E-state index in [9.17, 15) is 4.79 Å². The van der Waals surface area contributed by atoms with Gasteiger partial charge in [0, 0.05) is 30.8 Å². The molecule has 1 N–H and O–H groups in total. The van der Waals surface area contributed by atoms with E-state index in [1.54, 1.807) is 12.0 Å². The molecule has 4 nitrogen and oxygen atoms in total. The summed E-state index contributed by atoms with van der Waals surface area (Å²) in [6.45, 7) is 3.05. The van der Waals surface area contributed by atoms with E-state index in [1.165, 1.54) is 0 Å². The topological polar surface area (TPSA) is 41.6 Å². The summed E-state index contributed by atoms with van der Waals surface area (Å²) in [6.07, 6.45) is 1.82. The molecule has 1 fully saturated rings. The molecule has 1 amide bonds. The Kier molecular flexibility index (Phi) is 4.43. The summed E-state index contributed by atoms with van der Waals surface area (Å²) in [4.78, 5) is 14.2. The van der Waals surface area contributed by atoms with Gasteiger partial charge in [-0.3, -0.25) is 4.79 Å². The van der Waals surface area contributed by atoms with Crippen LogP contribution in [0.5, 0.6) is 5.75 Å². The number of amides is 1. The Labute approximate surface area is 114 Å². The highest BCUT2D eigenvalue weighted by Crippen LogP contribution is 2.24. The summed E-state index contributed by atoms with van der Waals surface area (Å²) < 4.78 is 5.20. The van der Waals surface area contributed by atoms with E-state index in [2.05, 4.69) is 12.2 Å². The van der Waals surface area contributed by atoms with Crippen LogP contribution in [0.15, 0.2) is 24.3 Å². The Morgan fingerprint density at radius 2 is 2.26 bits per heavy atom. The normalized spacial score (nSPS) is 22.9. The maximum Gasteiger partial charge on any atom is 0.229 e. The van der Waals surface area contributed by atoms with Gasteiger partial charge < -0.3 is 15.0 Å². The molecular weight excluding hydrogens is 240 g/mol. The predicted molar refractivity (Wildman–Crippen MR) is 76.6 cm³/mol. The molecule has 1 saturated heterocycles. The van der Waals surface area contributed by atoms with Gasteiger partial charge in [0.2, 0.25) is 5.91 Å². The molecule has 0 aromatic heterocycles. The monoisotopic (exact) mass is 262 g/mol. The quantitative estimate of drug-likeness (QED) is 0.906. The minimum Gasteiger partial charge on any atom is -0.497 e. The van der Waals surface area contributed by atoms with E-state index in [1.807, 2.05) is 31.3 Å². The van der Waals surface area contributed by atoms with Gasteiger partial charge in [-0.25, -0.2) is 0 Å². The standard InChI is InChI=1S/C15H22N2O2/c1-11-9-12(7-8-16-11)15(18)17(2)13-5-4-6-14(10-13)19-3/h4-6,10-12,16H,7-9H2,1-3H3. The average Bonchev–Trinajstić information content (AvgIpc) is 2.45. The average molecular weight is 262 g/mol. The number of benzene rings is 1. The summed E-state index contributed by atoms with van der Waals surface area (Å²) in [6, 6.07) is 8.03. The van der Waals surface area contributed by atoms with Crippen LogP contribution in [0.3, 0.4) is 0 Å². The molecule has 1 aliphatic rings. The number of hydrogen-bond acceptors (Lipinski definition) is 3. The second kappa shape index (κ2) is 6.06. The fraction of sp³-hybridized carbons (Fsp3) is 0.533. The SMILES string of the molecule is COc1cccc(N(C)C(=O)C2CCNC(C)C2)c1. The smallest absolute Gasteiger partial charge is 0.229 e. The second-order valence-electron chi connectivity index (χ2n) is 5.18. The number of carbonyl (C=O) groups excluding carboxylic acids is 1. The van der Waals surface area contributed by atoms with Crippen LogP contribution in [0.2, 0.25) is 0 Å². The highest BCUT2D eigenvalue weighted by atomic mass is 16.5. The van der Waals surface area contributed by atoms with E-state index in [4.69, 9.17) is 4.74 Å². The Morgan fingerprint density at radius 1 is 1.47 bits per heavy atom. The van der Waals surface area contributed by atoms with Crippen molar-refractivity contribution in [3.05, 3.63) is 24.3 Å². The van der Waals surface area contributed by atoms with Gasteiger partial charge in [0.05, 0.1) is 7.11 Å². The molecule has 0 radical (unpaired) electrons. The maximum absolute atomic E-state index is 12.5.